The molecular weight excluding hydrogens is 90.9 g/mol. The summed E-state index contributed by atoms with van der Waals surface area (Å²) in [6, 6.07) is 0. The van der Waals surface area contributed by atoms with Gasteiger partial charge >= 0.3 is 0 Å². The van der Waals surface area contributed by atoms with Gasteiger partial charge in [-0.15, -0.1) is 0 Å². The Balaban J connectivity index is 3.32. The van der Waals surface area contributed by atoms with E-state index in [1.54, 1.807) is 0 Å². The fourth-order valence-corrected chi connectivity index (χ4v) is 0.351. The molecule has 0 saturated carbocycles. The molecule has 38 valence electrons. The van der Waals surface area contributed by atoms with E-state index in [1.165, 1.54) is 14.8 Å². The first-order valence-electron chi connectivity index (χ1n) is 2.12. The molecule has 0 aliphatic heterocycles. The third-order valence-electron chi connectivity index (χ3n) is 0.498. The molecule has 0 aliphatic rings. The standard InChI is InChI=1S/C4H7BO2/c1-3(6)2-4(5)7/h2,5H2,1H3. The highest BCUT2D eigenvalue weighted by molar-refractivity contribution is 6.59. The molecule has 0 unspecified atom stereocenters. The van der Waals surface area contributed by atoms with Crippen LogP contribution in [0.3, 0.4) is 0 Å². The molecule has 0 aromatic heterocycles. The van der Waals surface area contributed by atoms with Crippen molar-refractivity contribution in [3.63, 3.8) is 0 Å². The molecule has 0 amide bonds. The fraction of sp³-hybridized carbons (Fsp3) is 0.500. The van der Waals surface area contributed by atoms with Crippen molar-refractivity contribution in [3.05, 3.63) is 0 Å². The van der Waals surface area contributed by atoms with Crippen molar-refractivity contribution in [1.82, 2.24) is 0 Å². The second-order valence-corrected chi connectivity index (χ2v) is 1.58. The summed E-state index contributed by atoms with van der Waals surface area (Å²) in [6.45, 7) is 1.40. The zero-order chi connectivity index (χ0) is 5.86. The van der Waals surface area contributed by atoms with E-state index in [0.29, 0.717) is 0 Å². The average molecular weight is 97.9 g/mol. The van der Waals surface area contributed by atoms with Gasteiger partial charge in [0.1, 0.15) is 5.78 Å². The van der Waals surface area contributed by atoms with E-state index in [2.05, 4.69) is 0 Å². The molecule has 0 aromatic carbocycles. The van der Waals surface area contributed by atoms with Crippen LogP contribution >= 0.6 is 0 Å². The first kappa shape index (κ1) is 6.40. The summed E-state index contributed by atoms with van der Waals surface area (Å²) in [4.78, 5) is 20.1. The van der Waals surface area contributed by atoms with Crippen molar-refractivity contribution in [2.45, 2.75) is 13.3 Å². The Morgan fingerprint density at radius 1 is 1.57 bits per heavy atom. The Labute approximate surface area is 43.3 Å². The zero-order valence-corrected chi connectivity index (χ0v) is 4.52. The Morgan fingerprint density at radius 3 is 2.00 bits per heavy atom. The number of hydrogen-bond acceptors (Lipinski definition) is 2. The second kappa shape index (κ2) is 2.56. The van der Waals surface area contributed by atoms with Gasteiger partial charge in [0.25, 0.3) is 0 Å². The normalized spacial score (nSPS) is 8.14. The zero-order valence-electron chi connectivity index (χ0n) is 4.52. The minimum Gasteiger partial charge on any atom is -0.312 e. The van der Waals surface area contributed by atoms with E-state index in [1.807, 2.05) is 0 Å². The number of carbonyl (C=O) groups is 2. The largest absolute Gasteiger partial charge is 0.312 e. The van der Waals surface area contributed by atoms with E-state index in [-0.39, 0.29) is 17.9 Å². The monoisotopic (exact) mass is 98.1 g/mol. The molecule has 0 rings (SSSR count). The number of Topliss-reactive ketones (excluding diaryl/α,β-unsaturated/α-hetero) is 1. The summed E-state index contributed by atoms with van der Waals surface area (Å²) in [5.74, 6) is -0.0625. The molecule has 0 radical (unpaired) electrons. The van der Waals surface area contributed by atoms with Crippen molar-refractivity contribution < 1.29 is 9.59 Å². The highest BCUT2D eigenvalue weighted by Gasteiger charge is 1.94. The lowest BCUT2D eigenvalue weighted by atomic mass is 9.98. The van der Waals surface area contributed by atoms with Crippen LogP contribution in [-0.2, 0) is 9.59 Å². The van der Waals surface area contributed by atoms with E-state index in [0.717, 1.165) is 0 Å². The number of carbonyl (C=O) groups excluding carboxylic acids is 2. The molecule has 0 saturated heterocycles. The fourth-order valence-electron chi connectivity index (χ4n) is 0.351. The van der Waals surface area contributed by atoms with Crippen LogP contribution in [0.4, 0.5) is 0 Å². The van der Waals surface area contributed by atoms with Gasteiger partial charge in [-0.3, -0.25) is 4.79 Å². The van der Waals surface area contributed by atoms with Crippen LogP contribution < -0.4 is 0 Å². The van der Waals surface area contributed by atoms with E-state index < -0.39 is 0 Å². The summed E-state index contributed by atoms with van der Waals surface area (Å²) < 4.78 is 0. The summed E-state index contributed by atoms with van der Waals surface area (Å²) in [5, 5.41) is 0. The summed E-state index contributed by atoms with van der Waals surface area (Å²) in [7, 11) is 1.40. The number of hydrogen-bond donors (Lipinski definition) is 0. The summed E-state index contributed by atoms with van der Waals surface area (Å²) in [5.41, 5.74) is -0.0625. The highest BCUT2D eigenvalue weighted by Crippen LogP contribution is 1.77. The molecule has 2 nitrogen and oxygen atoms in total. The molecule has 0 atom stereocenters. The molecule has 0 spiro atoms. The maximum absolute atomic E-state index is 10.0. The Bertz CT molecular complexity index is 85.9. The van der Waals surface area contributed by atoms with Gasteiger partial charge in [0, 0.05) is 0 Å². The maximum atomic E-state index is 10.0. The molecule has 0 bridgehead atoms. The molecule has 0 aliphatic carbocycles. The first-order valence-corrected chi connectivity index (χ1v) is 2.12. The van der Waals surface area contributed by atoms with Crippen LogP contribution in [0.5, 0.6) is 0 Å². The molecule has 3 heteroatoms. The molecule has 0 heterocycles. The van der Waals surface area contributed by atoms with Gasteiger partial charge in [-0.25, -0.2) is 0 Å². The average Bonchev–Trinajstić information content (AvgIpc) is 1.27. The van der Waals surface area contributed by atoms with Gasteiger partial charge in [-0.2, -0.15) is 0 Å². The van der Waals surface area contributed by atoms with Gasteiger partial charge in [0.05, 0.1) is 12.1 Å². The highest BCUT2D eigenvalue weighted by atomic mass is 16.1. The Morgan fingerprint density at radius 2 is 2.00 bits per heavy atom. The van der Waals surface area contributed by atoms with Crippen LogP contribution in [-0.4, -0.2) is 19.3 Å². The molecular formula is C4H7BO2. The minimum absolute atomic E-state index is 0.0625. The lowest BCUT2D eigenvalue weighted by Gasteiger charge is -1.81. The van der Waals surface area contributed by atoms with Crippen LogP contribution in [0.1, 0.15) is 13.3 Å². The topological polar surface area (TPSA) is 34.1 Å². The third-order valence-corrected chi connectivity index (χ3v) is 0.498. The van der Waals surface area contributed by atoms with Crippen molar-refractivity contribution in [2.24, 2.45) is 0 Å². The van der Waals surface area contributed by atoms with Crippen LogP contribution in [0.25, 0.3) is 0 Å². The van der Waals surface area contributed by atoms with E-state index in [9.17, 15) is 9.59 Å². The molecule has 7 heavy (non-hydrogen) atoms. The summed E-state index contributed by atoms with van der Waals surface area (Å²) >= 11 is 0. The van der Waals surface area contributed by atoms with E-state index in [4.69, 9.17) is 0 Å². The predicted molar refractivity (Wildman–Crippen MR) is 28.8 cm³/mol. The predicted octanol–water partition coefficient (Wildman–Crippen LogP) is -0.875. The van der Waals surface area contributed by atoms with E-state index >= 15 is 0 Å². The second-order valence-electron chi connectivity index (χ2n) is 1.58. The van der Waals surface area contributed by atoms with Crippen LogP contribution in [0.2, 0.25) is 0 Å². The smallest absolute Gasteiger partial charge is 0.187 e. The third kappa shape index (κ3) is 5.40. The van der Waals surface area contributed by atoms with Crippen LogP contribution in [0, 0.1) is 0 Å². The summed E-state index contributed by atoms with van der Waals surface area (Å²) in [6.07, 6.45) is 0.0833. The number of ketones is 1. The molecule has 0 aromatic rings. The lowest BCUT2D eigenvalue weighted by molar-refractivity contribution is -0.122. The molecule has 0 fully saturated rings. The van der Waals surface area contributed by atoms with Crippen molar-refractivity contribution in [2.75, 3.05) is 0 Å². The van der Waals surface area contributed by atoms with Gasteiger partial charge < -0.3 is 4.79 Å². The first-order chi connectivity index (χ1) is 3.13. The van der Waals surface area contributed by atoms with Gasteiger partial charge in [0.15, 0.2) is 7.85 Å². The van der Waals surface area contributed by atoms with Crippen molar-refractivity contribution in [1.29, 1.82) is 0 Å². The van der Waals surface area contributed by atoms with Gasteiger partial charge in [-0.1, -0.05) is 0 Å². The van der Waals surface area contributed by atoms with Gasteiger partial charge in [0.2, 0.25) is 0 Å². The van der Waals surface area contributed by atoms with Crippen LogP contribution in [0.15, 0.2) is 0 Å². The maximum Gasteiger partial charge on any atom is 0.187 e. The Hall–Kier alpha value is -0.595. The molecule has 0 N–H and O–H groups in total. The Kier molecular flexibility index (Phi) is 2.34. The number of rotatable bonds is 2. The quantitative estimate of drug-likeness (QED) is 0.332. The SMILES string of the molecule is BC(=O)CC(C)=O. The van der Waals surface area contributed by atoms with Crippen molar-refractivity contribution in [3.8, 4) is 0 Å². The lowest BCUT2D eigenvalue weighted by Crippen LogP contribution is -2.01. The van der Waals surface area contributed by atoms with Gasteiger partial charge in [-0.05, 0) is 6.92 Å². The van der Waals surface area contributed by atoms with Crippen molar-refractivity contribution >= 4 is 19.3 Å². The minimum atomic E-state index is -0.0625.